The number of nitrogens with one attached hydrogen (secondary N) is 1. The third kappa shape index (κ3) is 5.16. The fourth-order valence-corrected chi connectivity index (χ4v) is 5.49. The molecular weight excluding hydrogens is 457 g/mol. The zero-order valence-electron chi connectivity index (χ0n) is 15.9. The van der Waals surface area contributed by atoms with Crippen molar-refractivity contribution in [1.82, 2.24) is 9.21 Å². The molecule has 8 nitrogen and oxygen atoms in total. The zero-order valence-corrected chi connectivity index (χ0v) is 18.3. The Morgan fingerprint density at radius 3 is 2.63 bits per heavy atom. The van der Waals surface area contributed by atoms with Crippen LogP contribution in [0, 0.1) is 5.82 Å². The first kappa shape index (κ1) is 22.6. The molecule has 0 saturated carbocycles. The highest BCUT2D eigenvalue weighted by atomic mass is 35.5. The Morgan fingerprint density at radius 1 is 1.27 bits per heavy atom. The van der Waals surface area contributed by atoms with Gasteiger partial charge in [0.25, 0.3) is 15.9 Å². The van der Waals surface area contributed by atoms with E-state index in [0.717, 1.165) is 21.7 Å². The van der Waals surface area contributed by atoms with Crippen LogP contribution in [0.25, 0.3) is 0 Å². The van der Waals surface area contributed by atoms with Gasteiger partial charge in [-0.15, -0.1) is 11.3 Å². The summed E-state index contributed by atoms with van der Waals surface area (Å²) in [5.41, 5.74) is -0.107. The maximum absolute atomic E-state index is 13.8. The second kappa shape index (κ2) is 9.40. The molecule has 2 amide bonds. The number of carbonyl (C=O) groups excluding carboxylic acids is 2. The fourth-order valence-electron chi connectivity index (χ4n) is 2.72. The molecule has 0 bridgehead atoms. The van der Waals surface area contributed by atoms with Gasteiger partial charge in [-0.2, -0.15) is 4.31 Å². The number of ether oxygens (including phenoxy) is 1. The monoisotopic (exact) mass is 475 g/mol. The summed E-state index contributed by atoms with van der Waals surface area (Å²) in [4.78, 5) is 26.6. The normalized spacial score (nSPS) is 14.7. The number of amides is 2. The highest BCUT2D eigenvalue weighted by Gasteiger charge is 2.27. The predicted octanol–water partition coefficient (Wildman–Crippen LogP) is 2.27. The molecule has 1 aromatic carbocycles. The van der Waals surface area contributed by atoms with E-state index >= 15 is 0 Å². The van der Waals surface area contributed by atoms with Crippen molar-refractivity contribution >= 4 is 50.5 Å². The standard InChI is InChI=1S/C18H19ClFN3O5S2/c1-22(11-16(24)21-14-3-2-12(19)10-13(14)20)30(26,27)17-5-4-15(29-17)18(25)23-6-8-28-9-7-23/h2-5,10H,6-9,11H2,1H3,(H,21,24). The Hall–Kier alpha value is -2.05. The van der Waals surface area contributed by atoms with E-state index in [-0.39, 0.29) is 25.7 Å². The quantitative estimate of drug-likeness (QED) is 0.691. The molecule has 1 aliphatic rings. The van der Waals surface area contributed by atoms with Crippen molar-refractivity contribution in [2.45, 2.75) is 4.21 Å². The van der Waals surface area contributed by atoms with Gasteiger partial charge in [-0.3, -0.25) is 9.59 Å². The van der Waals surface area contributed by atoms with Crippen LogP contribution in [0.2, 0.25) is 5.02 Å². The number of morpholine rings is 1. The number of hydrogen-bond donors (Lipinski definition) is 1. The van der Waals surface area contributed by atoms with Gasteiger partial charge in [0.1, 0.15) is 10.0 Å². The maximum atomic E-state index is 13.8. The van der Waals surface area contributed by atoms with Crippen LogP contribution in [0.15, 0.2) is 34.5 Å². The molecule has 0 radical (unpaired) electrons. The molecule has 1 saturated heterocycles. The van der Waals surface area contributed by atoms with E-state index in [1.165, 1.54) is 31.3 Å². The molecule has 30 heavy (non-hydrogen) atoms. The molecule has 1 aromatic heterocycles. The number of likely N-dealkylation sites (N-methyl/N-ethyl adjacent to an activating group) is 1. The van der Waals surface area contributed by atoms with E-state index in [4.69, 9.17) is 16.3 Å². The van der Waals surface area contributed by atoms with Gasteiger partial charge in [0.15, 0.2) is 0 Å². The second-order valence-electron chi connectivity index (χ2n) is 6.46. The first-order valence-electron chi connectivity index (χ1n) is 8.86. The highest BCUT2D eigenvalue weighted by molar-refractivity contribution is 7.91. The summed E-state index contributed by atoms with van der Waals surface area (Å²) in [6, 6.07) is 6.51. The lowest BCUT2D eigenvalue weighted by Crippen LogP contribution is -2.40. The molecule has 0 aliphatic carbocycles. The van der Waals surface area contributed by atoms with Crippen molar-refractivity contribution < 1.29 is 27.1 Å². The number of hydrogen-bond acceptors (Lipinski definition) is 6. The smallest absolute Gasteiger partial charge is 0.264 e. The van der Waals surface area contributed by atoms with Crippen molar-refractivity contribution in [1.29, 1.82) is 0 Å². The van der Waals surface area contributed by atoms with E-state index in [2.05, 4.69) is 5.32 Å². The number of sulfonamides is 1. The van der Waals surface area contributed by atoms with E-state index in [1.807, 2.05) is 0 Å². The molecule has 1 aliphatic heterocycles. The maximum Gasteiger partial charge on any atom is 0.264 e. The molecule has 2 aromatic rings. The average Bonchev–Trinajstić information content (AvgIpc) is 3.21. The number of anilines is 1. The molecule has 162 valence electrons. The average molecular weight is 476 g/mol. The summed E-state index contributed by atoms with van der Waals surface area (Å²) in [5.74, 6) is -1.71. The lowest BCUT2D eigenvalue weighted by atomic mass is 10.3. The lowest BCUT2D eigenvalue weighted by Gasteiger charge is -2.26. The van der Waals surface area contributed by atoms with Gasteiger partial charge >= 0.3 is 0 Å². The molecule has 2 heterocycles. The van der Waals surface area contributed by atoms with Crippen LogP contribution >= 0.6 is 22.9 Å². The molecule has 0 unspecified atom stereocenters. The Bertz CT molecular complexity index is 1050. The number of nitrogens with zero attached hydrogens (tertiary/aromatic N) is 2. The number of halogens is 2. The van der Waals surface area contributed by atoms with Crippen LogP contribution in [-0.4, -0.2) is 69.3 Å². The number of carbonyl (C=O) groups is 2. The van der Waals surface area contributed by atoms with Gasteiger partial charge in [-0.25, -0.2) is 12.8 Å². The summed E-state index contributed by atoms with van der Waals surface area (Å²) in [6.07, 6.45) is 0. The summed E-state index contributed by atoms with van der Waals surface area (Å²) in [5, 5.41) is 2.48. The third-order valence-electron chi connectivity index (χ3n) is 4.33. The number of thiophene rings is 1. The second-order valence-corrected chi connectivity index (χ2v) is 10.2. The predicted molar refractivity (Wildman–Crippen MR) is 111 cm³/mol. The lowest BCUT2D eigenvalue weighted by molar-refractivity contribution is -0.116. The SMILES string of the molecule is CN(CC(=O)Nc1ccc(Cl)cc1F)S(=O)(=O)c1ccc(C(=O)N2CCOCC2)s1. The molecule has 12 heteroatoms. The van der Waals surface area contributed by atoms with Crippen molar-refractivity contribution in [3.8, 4) is 0 Å². The van der Waals surface area contributed by atoms with Gasteiger partial charge in [0, 0.05) is 25.2 Å². The summed E-state index contributed by atoms with van der Waals surface area (Å²) in [7, 11) is -2.77. The van der Waals surface area contributed by atoms with Crippen LogP contribution in [0.5, 0.6) is 0 Å². The topological polar surface area (TPSA) is 96.0 Å². The van der Waals surface area contributed by atoms with Crippen LogP contribution < -0.4 is 5.32 Å². The Morgan fingerprint density at radius 2 is 1.97 bits per heavy atom. The zero-order chi connectivity index (χ0) is 21.9. The van der Waals surface area contributed by atoms with E-state index < -0.39 is 28.3 Å². The first-order chi connectivity index (χ1) is 14.2. The summed E-state index contributed by atoms with van der Waals surface area (Å²) < 4.78 is 45.3. The van der Waals surface area contributed by atoms with Crippen LogP contribution in [0.1, 0.15) is 9.67 Å². The van der Waals surface area contributed by atoms with Crippen molar-refractivity contribution in [2.75, 3.05) is 45.2 Å². The molecule has 1 fully saturated rings. The number of rotatable bonds is 6. The van der Waals surface area contributed by atoms with Gasteiger partial charge in [-0.1, -0.05) is 11.6 Å². The van der Waals surface area contributed by atoms with Crippen LogP contribution in [0.4, 0.5) is 10.1 Å². The van der Waals surface area contributed by atoms with Gasteiger partial charge < -0.3 is 15.0 Å². The minimum absolute atomic E-state index is 0.0629. The Balaban J connectivity index is 1.66. The van der Waals surface area contributed by atoms with Crippen molar-refractivity contribution in [2.24, 2.45) is 0 Å². The molecular formula is C18H19ClFN3O5S2. The molecule has 3 rings (SSSR count). The van der Waals surface area contributed by atoms with Crippen molar-refractivity contribution in [3.63, 3.8) is 0 Å². The minimum Gasteiger partial charge on any atom is -0.378 e. The number of benzene rings is 1. The largest absolute Gasteiger partial charge is 0.378 e. The minimum atomic E-state index is -4.01. The van der Waals surface area contributed by atoms with Crippen LogP contribution in [0.3, 0.4) is 0 Å². The van der Waals surface area contributed by atoms with E-state index in [0.29, 0.717) is 26.3 Å². The fraction of sp³-hybridized carbons (Fsp3) is 0.333. The van der Waals surface area contributed by atoms with Crippen molar-refractivity contribution in [3.05, 3.63) is 46.0 Å². The van der Waals surface area contributed by atoms with Gasteiger partial charge in [-0.05, 0) is 30.3 Å². The summed E-state index contributed by atoms with van der Waals surface area (Å²) in [6.45, 7) is 1.23. The third-order valence-corrected chi connectivity index (χ3v) is 7.91. The van der Waals surface area contributed by atoms with Crippen LogP contribution in [-0.2, 0) is 19.6 Å². The molecule has 0 atom stereocenters. The van der Waals surface area contributed by atoms with E-state index in [1.54, 1.807) is 4.90 Å². The van der Waals surface area contributed by atoms with E-state index in [9.17, 15) is 22.4 Å². The first-order valence-corrected chi connectivity index (χ1v) is 11.5. The van der Waals surface area contributed by atoms with Gasteiger partial charge in [0.05, 0.1) is 30.3 Å². The Kier molecular flexibility index (Phi) is 7.09. The highest BCUT2D eigenvalue weighted by Crippen LogP contribution is 2.26. The Labute approximate surface area is 182 Å². The molecule has 1 N–H and O–H groups in total. The summed E-state index contributed by atoms with van der Waals surface area (Å²) >= 11 is 6.50. The molecule has 0 spiro atoms. The van der Waals surface area contributed by atoms with Gasteiger partial charge in [0.2, 0.25) is 5.91 Å².